The normalized spacial score (nSPS) is 20.0. The second-order valence-corrected chi connectivity index (χ2v) is 9.78. The number of nitrogens with one attached hydrogen (secondary N) is 1. The third kappa shape index (κ3) is 4.73. The first kappa shape index (κ1) is 21.7. The molecule has 2 fully saturated rings. The van der Waals surface area contributed by atoms with Crippen molar-refractivity contribution in [3.8, 4) is 33.6 Å². The third-order valence-corrected chi connectivity index (χ3v) is 7.11. The summed E-state index contributed by atoms with van der Waals surface area (Å²) in [5, 5.41) is 12.0. The first-order valence-corrected chi connectivity index (χ1v) is 12.4. The van der Waals surface area contributed by atoms with Crippen LogP contribution in [-0.2, 0) is 11.8 Å². The summed E-state index contributed by atoms with van der Waals surface area (Å²) >= 11 is 0. The van der Waals surface area contributed by atoms with Crippen molar-refractivity contribution in [2.24, 2.45) is 13.0 Å². The Morgan fingerprint density at radius 1 is 0.829 bits per heavy atom. The number of nitrogens with zero attached hydrogens (tertiary/aromatic N) is 6. The first-order valence-electron chi connectivity index (χ1n) is 12.4. The molecule has 0 aliphatic heterocycles. The van der Waals surface area contributed by atoms with E-state index in [9.17, 15) is 4.79 Å². The highest BCUT2D eigenvalue weighted by atomic mass is 16.2. The van der Waals surface area contributed by atoms with Gasteiger partial charge in [0, 0.05) is 66.0 Å². The van der Waals surface area contributed by atoms with Gasteiger partial charge in [0.1, 0.15) is 0 Å². The molecule has 4 aromatic rings. The van der Waals surface area contributed by atoms with Crippen LogP contribution in [0.25, 0.3) is 33.6 Å². The number of benzene rings is 1. The van der Waals surface area contributed by atoms with Crippen LogP contribution >= 0.6 is 0 Å². The maximum Gasteiger partial charge on any atom is 0.223 e. The quantitative estimate of drug-likeness (QED) is 0.453. The fourth-order valence-corrected chi connectivity index (χ4v) is 4.87. The summed E-state index contributed by atoms with van der Waals surface area (Å²) in [6.07, 6.45) is 17.6. The number of hydrogen-bond donors (Lipinski definition) is 1. The van der Waals surface area contributed by atoms with Crippen LogP contribution in [0, 0.1) is 5.92 Å². The summed E-state index contributed by atoms with van der Waals surface area (Å²) in [4.78, 5) is 21.6. The lowest BCUT2D eigenvalue weighted by atomic mass is 9.85. The Hall–Kier alpha value is -3.81. The minimum atomic E-state index is 0.152. The summed E-state index contributed by atoms with van der Waals surface area (Å²) in [5.41, 5.74) is 5.08. The molecule has 3 heterocycles. The summed E-state index contributed by atoms with van der Waals surface area (Å²) in [6, 6.07) is 8.97. The van der Waals surface area contributed by atoms with Gasteiger partial charge in [-0.05, 0) is 50.2 Å². The molecule has 0 bridgehead atoms. The van der Waals surface area contributed by atoms with Crippen molar-refractivity contribution < 1.29 is 4.79 Å². The van der Waals surface area contributed by atoms with E-state index in [1.165, 1.54) is 0 Å². The number of aryl methyl sites for hydroxylation is 1. The van der Waals surface area contributed by atoms with E-state index >= 15 is 0 Å². The second kappa shape index (κ2) is 9.09. The van der Waals surface area contributed by atoms with Crippen LogP contribution < -0.4 is 5.32 Å². The van der Waals surface area contributed by atoms with Gasteiger partial charge in [-0.2, -0.15) is 10.2 Å². The highest BCUT2D eigenvalue weighted by Crippen LogP contribution is 2.34. The number of carbonyl (C=O) groups excluding carboxylic acids is 1. The molecular weight excluding hydrogens is 438 g/mol. The minimum absolute atomic E-state index is 0.152. The van der Waals surface area contributed by atoms with Gasteiger partial charge < -0.3 is 5.32 Å². The first-order chi connectivity index (χ1) is 17.1. The Bertz CT molecular complexity index is 1330. The molecule has 2 saturated carbocycles. The van der Waals surface area contributed by atoms with Crippen LogP contribution in [0.1, 0.15) is 44.6 Å². The lowest BCUT2D eigenvalue weighted by molar-refractivity contribution is -0.126. The summed E-state index contributed by atoms with van der Waals surface area (Å²) in [5.74, 6) is 1.09. The smallest absolute Gasteiger partial charge is 0.223 e. The van der Waals surface area contributed by atoms with Crippen molar-refractivity contribution in [3.05, 3.63) is 61.4 Å². The van der Waals surface area contributed by atoms with Crippen LogP contribution in [-0.4, -0.2) is 41.5 Å². The standard InChI is InChI=1S/C27H29N7O/c1-33-16-22(14-30-33)19-3-2-4-20(11-19)26-28-12-21(13-29-26)23-15-31-34(17-23)25-9-5-18(6-10-25)27(35)32-24-7-8-24/h2-4,11-18,24-25H,5-10H2,1H3,(H,32,35). The number of carbonyl (C=O) groups is 1. The SMILES string of the molecule is Cn1cc(-c2cccc(-c3ncc(-c4cnn(C5CCC(C(=O)NC6CC6)CC5)c4)cn3)c2)cn1. The van der Waals surface area contributed by atoms with Crippen LogP contribution in [0.3, 0.4) is 0 Å². The largest absolute Gasteiger partial charge is 0.353 e. The Labute approximate surface area is 204 Å². The minimum Gasteiger partial charge on any atom is -0.353 e. The average Bonchev–Trinajstić information content (AvgIpc) is 3.38. The predicted molar refractivity (Wildman–Crippen MR) is 133 cm³/mol. The van der Waals surface area contributed by atoms with E-state index in [4.69, 9.17) is 0 Å². The van der Waals surface area contributed by atoms with Crippen molar-refractivity contribution in [1.82, 2.24) is 34.8 Å². The van der Waals surface area contributed by atoms with Gasteiger partial charge in [0.05, 0.1) is 18.4 Å². The molecule has 3 aromatic heterocycles. The van der Waals surface area contributed by atoms with Crippen LogP contribution in [0.5, 0.6) is 0 Å². The molecule has 0 spiro atoms. The van der Waals surface area contributed by atoms with E-state index in [2.05, 4.69) is 48.5 Å². The molecule has 8 nitrogen and oxygen atoms in total. The van der Waals surface area contributed by atoms with Crippen molar-refractivity contribution in [2.45, 2.75) is 50.6 Å². The van der Waals surface area contributed by atoms with Crippen LogP contribution in [0.2, 0.25) is 0 Å². The molecular formula is C27H29N7O. The van der Waals surface area contributed by atoms with E-state index in [0.717, 1.165) is 66.3 Å². The molecule has 2 aliphatic carbocycles. The molecule has 35 heavy (non-hydrogen) atoms. The molecule has 8 heteroatoms. The number of hydrogen-bond acceptors (Lipinski definition) is 5. The zero-order valence-electron chi connectivity index (χ0n) is 19.8. The fraction of sp³-hybridized carbons (Fsp3) is 0.370. The fourth-order valence-electron chi connectivity index (χ4n) is 4.87. The lowest BCUT2D eigenvalue weighted by Gasteiger charge is -2.28. The predicted octanol–water partition coefficient (Wildman–Crippen LogP) is 4.42. The summed E-state index contributed by atoms with van der Waals surface area (Å²) < 4.78 is 3.85. The van der Waals surface area contributed by atoms with Gasteiger partial charge in [-0.25, -0.2) is 9.97 Å². The maximum atomic E-state index is 12.4. The molecule has 0 unspecified atom stereocenters. The van der Waals surface area contributed by atoms with Crippen LogP contribution in [0.15, 0.2) is 61.4 Å². The van der Waals surface area contributed by atoms with E-state index in [1.54, 1.807) is 4.68 Å². The second-order valence-electron chi connectivity index (χ2n) is 9.78. The monoisotopic (exact) mass is 467 g/mol. The van der Waals surface area contributed by atoms with Gasteiger partial charge in [0.25, 0.3) is 0 Å². The van der Waals surface area contributed by atoms with Gasteiger partial charge in [-0.3, -0.25) is 14.2 Å². The topological polar surface area (TPSA) is 90.5 Å². The summed E-state index contributed by atoms with van der Waals surface area (Å²) in [7, 11) is 1.91. The van der Waals surface area contributed by atoms with Crippen molar-refractivity contribution in [1.29, 1.82) is 0 Å². The molecule has 2 aliphatic rings. The molecule has 0 radical (unpaired) electrons. The lowest BCUT2D eigenvalue weighted by Crippen LogP contribution is -2.34. The van der Waals surface area contributed by atoms with E-state index in [-0.39, 0.29) is 11.8 Å². The van der Waals surface area contributed by atoms with Gasteiger partial charge in [0.2, 0.25) is 5.91 Å². The number of rotatable bonds is 6. The third-order valence-electron chi connectivity index (χ3n) is 7.11. The Kier molecular flexibility index (Phi) is 5.64. The molecule has 6 rings (SSSR count). The molecule has 0 saturated heterocycles. The number of amides is 1. The van der Waals surface area contributed by atoms with E-state index in [1.807, 2.05) is 50.2 Å². The van der Waals surface area contributed by atoms with Crippen LogP contribution in [0.4, 0.5) is 0 Å². The van der Waals surface area contributed by atoms with Gasteiger partial charge >= 0.3 is 0 Å². The summed E-state index contributed by atoms with van der Waals surface area (Å²) in [6.45, 7) is 0. The molecule has 1 aromatic carbocycles. The van der Waals surface area contributed by atoms with E-state index < -0.39 is 0 Å². The zero-order valence-corrected chi connectivity index (χ0v) is 19.8. The van der Waals surface area contributed by atoms with Gasteiger partial charge in [0.15, 0.2) is 5.82 Å². The average molecular weight is 468 g/mol. The highest BCUT2D eigenvalue weighted by Gasteiger charge is 2.31. The van der Waals surface area contributed by atoms with Crippen molar-refractivity contribution >= 4 is 5.91 Å². The maximum absolute atomic E-state index is 12.4. The van der Waals surface area contributed by atoms with Gasteiger partial charge in [-0.1, -0.05) is 18.2 Å². The Balaban J connectivity index is 1.12. The Morgan fingerprint density at radius 3 is 2.26 bits per heavy atom. The van der Waals surface area contributed by atoms with Crippen molar-refractivity contribution in [2.75, 3.05) is 0 Å². The number of aromatic nitrogens is 6. The Morgan fingerprint density at radius 2 is 1.54 bits per heavy atom. The molecule has 0 atom stereocenters. The molecule has 1 amide bonds. The van der Waals surface area contributed by atoms with Crippen molar-refractivity contribution in [3.63, 3.8) is 0 Å². The van der Waals surface area contributed by atoms with E-state index in [0.29, 0.717) is 17.9 Å². The van der Waals surface area contributed by atoms with Gasteiger partial charge in [-0.15, -0.1) is 0 Å². The molecule has 178 valence electrons. The zero-order chi connectivity index (χ0) is 23.8. The highest BCUT2D eigenvalue weighted by molar-refractivity contribution is 5.79. The molecule has 1 N–H and O–H groups in total.